The molecule has 0 bridgehead atoms. The van der Waals surface area contributed by atoms with Gasteiger partial charge in [-0.25, -0.2) is 4.79 Å². The van der Waals surface area contributed by atoms with Crippen molar-refractivity contribution < 1.29 is 39.0 Å². The number of amides is 5. The van der Waals surface area contributed by atoms with Crippen molar-refractivity contribution in [3.8, 4) is 0 Å². The zero-order valence-electron chi connectivity index (χ0n) is 28.7. The first-order chi connectivity index (χ1) is 21.7. The van der Waals surface area contributed by atoms with E-state index in [1.54, 1.807) is 13.8 Å². The Balaban J connectivity index is 5.91. The largest absolute Gasteiger partial charge is 0.480 e. The first-order valence-electron chi connectivity index (χ1n) is 15.9. The molecule has 270 valence electrons. The van der Waals surface area contributed by atoms with E-state index in [0.29, 0.717) is 6.42 Å². The maximum Gasteiger partial charge on any atom is 0.328 e. The molecule has 6 atom stereocenters. The first kappa shape index (κ1) is 43.0. The standard InChI is InChI=1S/C30H57N9O8/c1-15(2)11-19(31)25(42)35-14-23(41)36-20(9-8-10-34-30(32)33)26(43)37-21(12-16(3)4)27(44)38-22(13-17(5)6)28(45)39-24(18(7)40)29(46)47/h15-22,24,40H,8-14,31H2,1-7H3,(H,35,42)(H,36,41)(H,37,43)(H,38,44)(H,39,45)(H,46,47)(H4,32,33,34)/t18-,19+,20+,21+,22+,24+/m1/s1. The van der Waals surface area contributed by atoms with Crippen LogP contribution in [0.2, 0.25) is 0 Å². The number of aliphatic hydroxyl groups is 1. The Morgan fingerprint density at radius 3 is 1.57 bits per heavy atom. The molecule has 0 saturated heterocycles. The molecule has 0 aromatic carbocycles. The number of guanidine groups is 1. The molecule has 0 saturated carbocycles. The summed E-state index contributed by atoms with van der Waals surface area (Å²) in [5, 5.41) is 31.7. The molecule has 0 aromatic rings. The van der Waals surface area contributed by atoms with E-state index in [2.05, 4.69) is 31.6 Å². The van der Waals surface area contributed by atoms with E-state index >= 15 is 0 Å². The molecule has 13 N–H and O–H groups in total. The second-order valence-corrected chi connectivity index (χ2v) is 13.0. The molecular weight excluding hydrogens is 614 g/mol. The number of nitrogens with two attached hydrogens (primary N) is 3. The highest BCUT2D eigenvalue weighted by molar-refractivity contribution is 5.95. The van der Waals surface area contributed by atoms with Crippen molar-refractivity contribution in [2.45, 2.75) is 117 Å². The molecule has 47 heavy (non-hydrogen) atoms. The minimum Gasteiger partial charge on any atom is -0.480 e. The van der Waals surface area contributed by atoms with Gasteiger partial charge in [-0.05, 0) is 56.8 Å². The van der Waals surface area contributed by atoms with Gasteiger partial charge in [0, 0.05) is 6.54 Å². The van der Waals surface area contributed by atoms with Crippen LogP contribution in [0.1, 0.15) is 80.6 Å². The second-order valence-electron chi connectivity index (χ2n) is 13.0. The summed E-state index contributed by atoms with van der Waals surface area (Å²) in [6.45, 7) is 12.0. The molecule has 5 amide bonds. The third kappa shape index (κ3) is 18.7. The lowest BCUT2D eigenvalue weighted by atomic mass is 9.99. The number of aliphatic hydroxyl groups excluding tert-OH is 1. The number of aliphatic imine (C=N–C) groups is 1. The van der Waals surface area contributed by atoms with Crippen LogP contribution in [0, 0.1) is 17.8 Å². The Hall–Kier alpha value is -3.99. The number of hydrogen-bond donors (Lipinski definition) is 10. The maximum absolute atomic E-state index is 13.5. The van der Waals surface area contributed by atoms with Crippen LogP contribution in [0.3, 0.4) is 0 Å². The van der Waals surface area contributed by atoms with Crippen LogP contribution in [-0.4, -0.2) is 101 Å². The Morgan fingerprint density at radius 2 is 1.15 bits per heavy atom. The average molecular weight is 672 g/mol. The number of carboxylic acids is 1. The Morgan fingerprint density at radius 1 is 0.681 bits per heavy atom. The number of rotatable bonds is 22. The van der Waals surface area contributed by atoms with Gasteiger partial charge in [0.25, 0.3) is 0 Å². The van der Waals surface area contributed by atoms with Gasteiger partial charge in [0.2, 0.25) is 29.5 Å². The number of hydrogen-bond acceptors (Lipinski definition) is 9. The summed E-state index contributed by atoms with van der Waals surface area (Å²) in [6, 6.07) is -5.85. The van der Waals surface area contributed by atoms with Crippen molar-refractivity contribution >= 4 is 41.5 Å². The average Bonchev–Trinajstić information content (AvgIpc) is 2.93. The van der Waals surface area contributed by atoms with Crippen LogP contribution in [0.5, 0.6) is 0 Å². The van der Waals surface area contributed by atoms with Gasteiger partial charge in [-0.2, -0.15) is 0 Å². The highest BCUT2D eigenvalue weighted by Crippen LogP contribution is 2.11. The number of carbonyl (C=O) groups is 6. The quantitative estimate of drug-likeness (QED) is 0.0342. The summed E-state index contributed by atoms with van der Waals surface area (Å²) < 4.78 is 0. The molecule has 0 aliphatic heterocycles. The van der Waals surface area contributed by atoms with Crippen LogP contribution < -0.4 is 43.8 Å². The molecule has 0 fully saturated rings. The van der Waals surface area contributed by atoms with Gasteiger partial charge < -0.3 is 54.0 Å². The number of nitrogens with one attached hydrogen (secondary N) is 5. The van der Waals surface area contributed by atoms with Crippen LogP contribution in [-0.2, 0) is 28.8 Å². The number of aliphatic carboxylic acids is 1. The molecule has 0 rings (SSSR count). The Kier molecular flexibility index (Phi) is 19.9. The molecule has 0 aliphatic carbocycles. The van der Waals surface area contributed by atoms with Gasteiger partial charge >= 0.3 is 5.97 Å². The fourth-order valence-electron chi connectivity index (χ4n) is 4.52. The molecule has 0 radical (unpaired) electrons. The SMILES string of the molecule is CC(C)C[C@H](NC(=O)[C@H](CCCN=C(N)N)NC(=O)CNC(=O)[C@@H](N)CC(C)C)C(=O)N[C@@H](CC(C)C)C(=O)N[C@H](C(=O)O)[C@@H](C)O. The fourth-order valence-corrected chi connectivity index (χ4v) is 4.52. The van der Waals surface area contributed by atoms with E-state index in [1.165, 1.54) is 6.92 Å². The van der Waals surface area contributed by atoms with Crippen molar-refractivity contribution in [3.05, 3.63) is 0 Å². The van der Waals surface area contributed by atoms with Crippen LogP contribution in [0.15, 0.2) is 4.99 Å². The predicted molar refractivity (Wildman–Crippen MR) is 176 cm³/mol. The Bertz CT molecular complexity index is 1080. The molecule has 17 nitrogen and oxygen atoms in total. The zero-order valence-corrected chi connectivity index (χ0v) is 28.7. The highest BCUT2D eigenvalue weighted by Gasteiger charge is 2.33. The lowest BCUT2D eigenvalue weighted by molar-refractivity contribution is -0.145. The predicted octanol–water partition coefficient (Wildman–Crippen LogP) is -1.97. The fraction of sp³-hybridized carbons (Fsp3) is 0.767. The summed E-state index contributed by atoms with van der Waals surface area (Å²) in [5.74, 6) is -4.99. The second kappa shape index (κ2) is 21.7. The van der Waals surface area contributed by atoms with Gasteiger partial charge in [-0.1, -0.05) is 41.5 Å². The van der Waals surface area contributed by atoms with Crippen molar-refractivity contribution in [3.63, 3.8) is 0 Å². The molecule has 0 heterocycles. The van der Waals surface area contributed by atoms with E-state index in [0.717, 1.165) is 0 Å². The summed E-state index contributed by atoms with van der Waals surface area (Å²) >= 11 is 0. The van der Waals surface area contributed by atoms with Gasteiger partial charge in [0.1, 0.15) is 18.1 Å². The highest BCUT2D eigenvalue weighted by atomic mass is 16.4. The maximum atomic E-state index is 13.5. The minimum absolute atomic E-state index is 0.0828. The molecule has 0 spiro atoms. The van der Waals surface area contributed by atoms with E-state index in [1.807, 2.05) is 27.7 Å². The number of nitrogens with zero attached hydrogens (tertiary/aromatic N) is 1. The van der Waals surface area contributed by atoms with E-state index < -0.39 is 78.4 Å². The third-order valence-electron chi connectivity index (χ3n) is 6.81. The summed E-state index contributed by atoms with van der Waals surface area (Å²) in [4.78, 5) is 80.5. The van der Waals surface area contributed by atoms with Crippen molar-refractivity contribution in [2.24, 2.45) is 39.9 Å². The molecule has 0 unspecified atom stereocenters. The zero-order chi connectivity index (χ0) is 36.4. The van der Waals surface area contributed by atoms with Gasteiger partial charge in [-0.15, -0.1) is 0 Å². The summed E-state index contributed by atoms with van der Waals surface area (Å²) in [5.41, 5.74) is 16.6. The lowest BCUT2D eigenvalue weighted by Crippen LogP contribution is -2.59. The molecular formula is C30H57N9O8. The monoisotopic (exact) mass is 671 g/mol. The minimum atomic E-state index is -1.60. The normalized spacial score (nSPS) is 15.1. The topological polar surface area (TPSA) is 293 Å². The number of carboxylic acid groups (broad SMARTS) is 1. The number of carbonyl (C=O) groups excluding carboxylic acids is 5. The smallest absolute Gasteiger partial charge is 0.328 e. The van der Waals surface area contributed by atoms with E-state index in [9.17, 15) is 39.0 Å². The summed E-state index contributed by atoms with van der Waals surface area (Å²) in [6.07, 6.45) is -0.306. The molecule has 0 aromatic heterocycles. The van der Waals surface area contributed by atoms with Gasteiger partial charge in [0.05, 0.1) is 18.7 Å². The van der Waals surface area contributed by atoms with E-state index in [-0.39, 0.29) is 55.9 Å². The van der Waals surface area contributed by atoms with Crippen molar-refractivity contribution in [2.75, 3.05) is 13.1 Å². The van der Waals surface area contributed by atoms with Crippen LogP contribution >= 0.6 is 0 Å². The van der Waals surface area contributed by atoms with Crippen molar-refractivity contribution in [1.29, 1.82) is 0 Å². The van der Waals surface area contributed by atoms with Crippen LogP contribution in [0.25, 0.3) is 0 Å². The van der Waals surface area contributed by atoms with Crippen LogP contribution in [0.4, 0.5) is 0 Å². The van der Waals surface area contributed by atoms with Gasteiger partial charge in [0.15, 0.2) is 12.0 Å². The summed E-state index contributed by atoms with van der Waals surface area (Å²) in [7, 11) is 0. The van der Waals surface area contributed by atoms with Crippen molar-refractivity contribution in [1.82, 2.24) is 26.6 Å². The molecule has 17 heteroatoms. The first-order valence-corrected chi connectivity index (χ1v) is 15.9. The lowest BCUT2D eigenvalue weighted by Gasteiger charge is -2.28. The Labute approximate surface area is 277 Å². The molecule has 0 aliphatic rings. The van der Waals surface area contributed by atoms with Gasteiger partial charge in [-0.3, -0.25) is 29.0 Å². The third-order valence-corrected chi connectivity index (χ3v) is 6.81. The van der Waals surface area contributed by atoms with E-state index in [4.69, 9.17) is 17.2 Å².